The lowest BCUT2D eigenvalue weighted by molar-refractivity contribution is -0.302. The number of amides is 1. The molecule has 11 heteroatoms. The van der Waals surface area contributed by atoms with Crippen molar-refractivity contribution in [2.75, 3.05) is 19.8 Å². The highest BCUT2D eigenvalue weighted by atomic mass is 16.7. The Labute approximate surface area is 466 Å². The average molecular weight is 1070 g/mol. The fourth-order valence-electron chi connectivity index (χ4n) is 9.81. The minimum absolute atomic E-state index is 0.00155. The molecule has 1 amide bonds. The minimum Gasteiger partial charge on any atom is -0.466 e. The molecule has 1 aliphatic rings. The van der Waals surface area contributed by atoms with E-state index in [4.69, 9.17) is 14.2 Å². The summed E-state index contributed by atoms with van der Waals surface area (Å²) in [7, 11) is 0. The van der Waals surface area contributed by atoms with E-state index in [9.17, 15) is 35.1 Å². The van der Waals surface area contributed by atoms with Gasteiger partial charge in [0.25, 0.3) is 0 Å². The smallest absolute Gasteiger partial charge is 0.305 e. The van der Waals surface area contributed by atoms with Crippen molar-refractivity contribution >= 4 is 11.9 Å². The van der Waals surface area contributed by atoms with Crippen LogP contribution in [-0.4, -0.2) is 100 Å². The molecule has 1 rings (SSSR count). The van der Waals surface area contributed by atoms with Gasteiger partial charge in [0.05, 0.1) is 32.0 Å². The molecule has 0 radical (unpaired) electrons. The van der Waals surface area contributed by atoms with E-state index in [-0.39, 0.29) is 18.5 Å². The monoisotopic (exact) mass is 1070 g/mol. The maximum absolute atomic E-state index is 13.0. The Hall–Kier alpha value is -2.38. The lowest BCUT2D eigenvalue weighted by Crippen LogP contribution is -2.60. The first-order valence-electron chi connectivity index (χ1n) is 31.9. The van der Waals surface area contributed by atoms with Gasteiger partial charge in [-0.15, -0.1) is 0 Å². The lowest BCUT2D eigenvalue weighted by atomic mass is 9.99. The van der Waals surface area contributed by atoms with Crippen molar-refractivity contribution in [2.24, 2.45) is 0 Å². The number of aliphatic hydroxyl groups excluding tert-OH is 5. The van der Waals surface area contributed by atoms with Gasteiger partial charge in [0.1, 0.15) is 24.4 Å². The number of rotatable bonds is 55. The molecule has 0 aromatic carbocycles. The second-order valence-corrected chi connectivity index (χ2v) is 22.1. The zero-order valence-corrected chi connectivity index (χ0v) is 49.0. The van der Waals surface area contributed by atoms with Gasteiger partial charge in [0.15, 0.2) is 6.29 Å². The van der Waals surface area contributed by atoms with Gasteiger partial charge in [-0.1, -0.05) is 242 Å². The SMILES string of the molecule is CCCCCC/C=C/CC/C=C/CC/C=C/C(O)C(COC1OC(CO)C(O)C(O)C1O)NC(=O)CCCCCCCCC/C=C\CCCCCCCCCCCCCCOC(=O)CCCCCCCCCCCCC. The van der Waals surface area contributed by atoms with Gasteiger partial charge in [-0.2, -0.15) is 0 Å². The maximum Gasteiger partial charge on any atom is 0.305 e. The molecular formula is C65H119NO10. The van der Waals surface area contributed by atoms with Gasteiger partial charge in [-0.05, 0) is 83.5 Å². The van der Waals surface area contributed by atoms with Crippen LogP contribution in [0.2, 0.25) is 0 Å². The number of aliphatic hydroxyl groups is 5. The highest BCUT2D eigenvalue weighted by molar-refractivity contribution is 5.76. The number of esters is 1. The van der Waals surface area contributed by atoms with E-state index in [1.165, 1.54) is 180 Å². The summed E-state index contributed by atoms with van der Waals surface area (Å²) in [5.41, 5.74) is 0. The van der Waals surface area contributed by atoms with Gasteiger partial charge in [-0.3, -0.25) is 9.59 Å². The summed E-state index contributed by atoms with van der Waals surface area (Å²) in [5, 5.41) is 54.4. The Bertz CT molecular complexity index is 1400. The van der Waals surface area contributed by atoms with E-state index >= 15 is 0 Å². The fourth-order valence-corrected chi connectivity index (χ4v) is 9.81. The fraction of sp³-hybridized carbons (Fsp3) is 0.846. The molecule has 0 bridgehead atoms. The number of allylic oxidation sites excluding steroid dienone is 7. The first-order chi connectivity index (χ1) is 37.2. The molecule has 0 saturated carbocycles. The molecule has 7 unspecified atom stereocenters. The van der Waals surface area contributed by atoms with E-state index < -0.39 is 49.5 Å². The predicted octanol–water partition coefficient (Wildman–Crippen LogP) is 15.2. The van der Waals surface area contributed by atoms with Gasteiger partial charge in [0, 0.05) is 12.8 Å². The number of carbonyl (C=O) groups excluding carboxylic acids is 2. The van der Waals surface area contributed by atoms with Gasteiger partial charge < -0.3 is 45.1 Å². The molecule has 7 atom stereocenters. The summed E-state index contributed by atoms with van der Waals surface area (Å²) in [6, 6.07) is -0.840. The minimum atomic E-state index is -1.58. The predicted molar refractivity (Wildman–Crippen MR) is 315 cm³/mol. The summed E-state index contributed by atoms with van der Waals surface area (Å²) < 4.78 is 16.7. The van der Waals surface area contributed by atoms with Crippen LogP contribution in [0.5, 0.6) is 0 Å². The van der Waals surface area contributed by atoms with Crippen LogP contribution in [-0.2, 0) is 23.8 Å². The molecule has 1 saturated heterocycles. The van der Waals surface area contributed by atoms with Crippen molar-refractivity contribution < 1.29 is 49.3 Å². The van der Waals surface area contributed by atoms with Crippen molar-refractivity contribution in [3.63, 3.8) is 0 Å². The summed E-state index contributed by atoms with van der Waals surface area (Å²) >= 11 is 0. The Morgan fingerprint density at radius 1 is 0.474 bits per heavy atom. The summed E-state index contributed by atoms with van der Waals surface area (Å²) in [5.74, 6) is -0.204. The van der Waals surface area contributed by atoms with Gasteiger partial charge in [-0.25, -0.2) is 0 Å². The normalized spacial score (nSPS) is 19.0. The molecule has 11 nitrogen and oxygen atoms in total. The van der Waals surface area contributed by atoms with Crippen LogP contribution in [0.1, 0.15) is 290 Å². The first-order valence-corrected chi connectivity index (χ1v) is 31.9. The van der Waals surface area contributed by atoms with E-state index in [2.05, 4.69) is 55.6 Å². The Balaban J connectivity index is 2.08. The third-order valence-electron chi connectivity index (χ3n) is 14.9. The molecule has 0 aromatic heterocycles. The van der Waals surface area contributed by atoms with Crippen molar-refractivity contribution in [1.29, 1.82) is 0 Å². The number of hydrogen-bond donors (Lipinski definition) is 6. The third-order valence-corrected chi connectivity index (χ3v) is 14.9. The molecule has 0 aliphatic carbocycles. The van der Waals surface area contributed by atoms with E-state index in [0.29, 0.717) is 19.4 Å². The topological polar surface area (TPSA) is 175 Å². The summed E-state index contributed by atoms with van der Waals surface area (Å²) in [6.45, 7) is 4.30. The molecule has 1 heterocycles. The van der Waals surface area contributed by atoms with Crippen molar-refractivity contribution in [3.8, 4) is 0 Å². The van der Waals surface area contributed by atoms with Crippen molar-refractivity contribution in [3.05, 3.63) is 48.6 Å². The standard InChI is InChI=1S/C65H119NO10/c1-3-5-7-9-11-13-15-16-28-32-35-39-43-47-51-58(68)57(56-75-65-64(73)63(72)62(71)59(55-67)76-65)66-60(69)52-48-44-40-36-33-29-26-24-22-20-18-17-19-21-23-25-27-30-34-38-42-46-50-54-74-61(70)53-49-45-41-37-31-14-12-10-8-6-4-2/h13,15,20,22,32,35,47,51,57-59,62-65,67-68,71-73H,3-12,14,16-19,21,23-31,33-34,36-46,48-50,52-56H2,1-2H3,(H,66,69)/b15-13+,22-20-,35-32+,51-47+. The summed E-state index contributed by atoms with van der Waals surface area (Å²) in [6.07, 6.45) is 59.3. The highest BCUT2D eigenvalue weighted by Gasteiger charge is 2.44. The van der Waals surface area contributed by atoms with Crippen LogP contribution in [0.15, 0.2) is 48.6 Å². The second kappa shape index (κ2) is 54.6. The zero-order chi connectivity index (χ0) is 55.2. The lowest BCUT2D eigenvalue weighted by Gasteiger charge is -2.40. The van der Waals surface area contributed by atoms with E-state index in [1.807, 2.05) is 6.08 Å². The van der Waals surface area contributed by atoms with Gasteiger partial charge >= 0.3 is 5.97 Å². The van der Waals surface area contributed by atoms with Crippen LogP contribution in [0.25, 0.3) is 0 Å². The number of hydrogen-bond acceptors (Lipinski definition) is 10. The Morgan fingerprint density at radius 2 is 0.855 bits per heavy atom. The van der Waals surface area contributed by atoms with E-state index in [1.54, 1.807) is 6.08 Å². The third kappa shape index (κ3) is 43.5. The van der Waals surface area contributed by atoms with Crippen LogP contribution in [0, 0.1) is 0 Å². The Morgan fingerprint density at radius 3 is 1.32 bits per heavy atom. The molecule has 6 N–H and O–H groups in total. The number of ether oxygens (including phenoxy) is 3. The van der Waals surface area contributed by atoms with Crippen LogP contribution >= 0.6 is 0 Å². The first kappa shape index (κ1) is 71.6. The van der Waals surface area contributed by atoms with Crippen LogP contribution in [0.3, 0.4) is 0 Å². The molecule has 0 aromatic rings. The molecule has 444 valence electrons. The van der Waals surface area contributed by atoms with Crippen LogP contribution < -0.4 is 5.32 Å². The quantitative estimate of drug-likeness (QED) is 0.0195. The summed E-state index contributed by atoms with van der Waals surface area (Å²) in [4.78, 5) is 25.1. The molecular weight excluding hydrogens is 955 g/mol. The molecule has 1 fully saturated rings. The Kier molecular flexibility index (Phi) is 51.4. The number of nitrogens with one attached hydrogen (secondary N) is 1. The molecule has 1 aliphatic heterocycles. The zero-order valence-electron chi connectivity index (χ0n) is 49.0. The largest absolute Gasteiger partial charge is 0.466 e. The van der Waals surface area contributed by atoms with E-state index in [0.717, 1.165) is 83.5 Å². The van der Waals surface area contributed by atoms with Crippen LogP contribution in [0.4, 0.5) is 0 Å². The highest BCUT2D eigenvalue weighted by Crippen LogP contribution is 2.23. The maximum atomic E-state index is 13.0. The van der Waals surface area contributed by atoms with Crippen molar-refractivity contribution in [1.82, 2.24) is 5.32 Å². The second-order valence-electron chi connectivity index (χ2n) is 22.1. The number of carbonyl (C=O) groups is 2. The molecule has 0 spiro atoms. The van der Waals surface area contributed by atoms with Gasteiger partial charge in [0.2, 0.25) is 5.91 Å². The number of unbranched alkanes of at least 4 members (excludes halogenated alkanes) is 35. The average Bonchev–Trinajstić information content (AvgIpc) is 3.42. The molecule has 76 heavy (non-hydrogen) atoms. The van der Waals surface area contributed by atoms with Crippen molar-refractivity contribution in [2.45, 2.75) is 333 Å².